The lowest BCUT2D eigenvalue weighted by Gasteiger charge is -2.29. The number of halogens is 4. The van der Waals surface area contributed by atoms with Crippen LogP contribution in [-0.2, 0) is 19.1 Å². The molecular formula is C19H14ClF3N6O2. The van der Waals surface area contributed by atoms with Gasteiger partial charge in [-0.25, -0.2) is 15.0 Å². The lowest BCUT2D eigenvalue weighted by molar-refractivity contribution is -0.383. The lowest BCUT2D eigenvalue weighted by atomic mass is 10.00. The van der Waals surface area contributed by atoms with E-state index in [9.17, 15) is 23.3 Å². The van der Waals surface area contributed by atoms with Crippen molar-refractivity contribution in [2.45, 2.75) is 19.1 Å². The van der Waals surface area contributed by atoms with Crippen molar-refractivity contribution in [1.29, 1.82) is 0 Å². The summed E-state index contributed by atoms with van der Waals surface area (Å²) in [6.07, 6.45) is -2.20. The minimum absolute atomic E-state index is 0.0973. The number of alkyl halides is 3. The van der Waals surface area contributed by atoms with Crippen LogP contribution in [0.15, 0.2) is 42.9 Å². The highest BCUT2D eigenvalue weighted by molar-refractivity contribution is 6.33. The van der Waals surface area contributed by atoms with Gasteiger partial charge in [0.25, 0.3) is 0 Å². The number of hydrogen-bond donors (Lipinski definition) is 1. The van der Waals surface area contributed by atoms with Gasteiger partial charge >= 0.3 is 11.9 Å². The number of nitrogens with one attached hydrogen (secondary N) is 1. The number of benzene rings is 1. The number of rotatable bonds is 4. The molecule has 0 amide bonds. The largest absolute Gasteiger partial charge is 0.417 e. The maximum atomic E-state index is 12.8. The van der Waals surface area contributed by atoms with Gasteiger partial charge in [-0.1, -0.05) is 35.9 Å². The molecule has 0 saturated heterocycles. The first-order chi connectivity index (χ1) is 14.7. The molecule has 3 aromatic rings. The Balaban J connectivity index is 1.68. The third-order valence-corrected chi connectivity index (χ3v) is 5.11. The van der Waals surface area contributed by atoms with Gasteiger partial charge in [-0.3, -0.25) is 10.1 Å². The number of nitrogens with zero attached hydrogens (tertiary/aromatic N) is 5. The van der Waals surface area contributed by atoms with E-state index in [-0.39, 0.29) is 22.5 Å². The summed E-state index contributed by atoms with van der Waals surface area (Å²) in [5.41, 5.74) is 0.741. The molecule has 0 bridgehead atoms. The quantitative estimate of drug-likeness (QED) is 0.452. The van der Waals surface area contributed by atoms with Crippen molar-refractivity contribution in [3.05, 3.63) is 74.7 Å². The van der Waals surface area contributed by atoms with E-state index in [1.807, 2.05) is 24.3 Å². The molecule has 1 aliphatic heterocycles. The SMILES string of the molecule is O=[N+]([O-])c1c(Nc2ncc(C(F)(F)F)cc2Cl)ncnc1N1CCc2ccccc2C1. The number of fused-ring (bicyclic) bond motifs is 1. The van der Waals surface area contributed by atoms with Crippen molar-refractivity contribution in [1.82, 2.24) is 15.0 Å². The molecular weight excluding hydrogens is 437 g/mol. The second-order valence-electron chi connectivity index (χ2n) is 6.77. The first-order valence-electron chi connectivity index (χ1n) is 9.05. The van der Waals surface area contributed by atoms with Crippen LogP contribution in [0, 0.1) is 10.1 Å². The molecule has 31 heavy (non-hydrogen) atoms. The van der Waals surface area contributed by atoms with E-state index in [0.717, 1.165) is 17.5 Å². The molecule has 0 saturated carbocycles. The molecule has 3 heterocycles. The van der Waals surface area contributed by atoms with E-state index in [1.54, 1.807) is 4.90 Å². The molecule has 0 aliphatic carbocycles. The van der Waals surface area contributed by atoms with Crippen LogP contribution in [0.2, 0.25) is 5.02 Å². The Labute approximate surface area is 178 Å². The summed E-state index contributed by atoms with van der Waals surface area (Å²) in [6, 6.07) is 8.46. The molecule has 160 valence electrons. The average Bonchev–Trinajstić information content (AvgIpc) is 2.73. The smallest absolute Gasteiger partial charge is 0.346 e. The third kappa shape index (κ3) is 4.22. The Bertz CT molecular complexity index is 1160. The van der Waals surface area contributed by atoms with Gasteiger partial charge in [-0.15, -0.1) is 0 Å². The van der Waals surface area contributed by atoms with Gasteiger partial charge in [-0.2, -0.15) is 13.2 Å². The molecule has 0 unspecified atom stereocenters. The summed E-state index contributed by atoms with van der Waals surface area (Å²) in [5, 5.41) is 14.1. The Morgan fingerprint density at radius 3 is 2.55 bits per heavy atom. The van der Waals surface area contributed by atoms with Gasteiger partial charge in [-0.05, 0) is 23.6 Å². The standard InChI is InChI=1S/C19H14ClF3N6O2/c20-14-7-13(19(21,22)23)8-24-16(14)27-17-15(29(30)31)18(26-10-25-17)28-6-5-11-3-1-2-4-12(11)9-28/h1-4,7-8,10H,5-6,9H2,(H,24,25,26,27). The molecule has 4 rings (SSSR count). The fourth-order valence-corrected chi connectivity index (χ4v) is 3.55. The van der Waals surface area contributed by atoms with Crippen LogP contribution in [0.4, 0.5) is 36.3 Å². The molecule has 0 fully saturated rings. The fraction of sp³-hybridized carbons (Fsp3) is 0.211. The number of hydrogen-bond acceptors (Lipinski definition) is 7. The van der Waals surface area contributed by atoms with E-state index in [4.69, 9.17) is 11.6 Å². The van der Waals surface area contributed by atoms with Crippen LogP contribution in [0.25, 0.3) is 0 Å². The van der Waals surface area contributed by atoms with E-state index in [1.165, 1.54) is 0 Å². The predicted molar refractivity (Wildman–Crippen MR) is 107 cm³/mol. The van der Waals surface area contributed by atoms with Crippen molar-refractivity contribution < 1.29 is 18.1 Å². The van der Waals surface area contributed by atoms with Gasteiger partial charge in [0.2, 0.25) is 11.6 Å². The molecule has 1 aliphatic rings. The molecule has 0 atom stereocenters. The van der Waals surface area contributed by atoms with Gasteiger partial charge < -0.3 is 10.2 Å². The molecule has 1 N–H and O–H groups in total. The molecule has 1 aromatic carbocycles. The monoisotopic (exact) mass is 450 g/mol. The zero-order valence-corrected chi connectivity index (χ0v) is 16.5. The second-order valence-corrected chi connectivity index (χ2v) is 7.18. The van der Waals surface area contributed by atoms with Crippen LogP contribution in [-0.4, -0.2) is 26.4 Å². The first-order valence-corrected chi connectivity index (χ1v) is 9.42. The Morgan fingerprint density at radius 1 is 1.13 bits per heavy atom. The van der Waals surface area contributed by atoms with Crippen LogP contribution >= 0.6 is 11.6 Å². The average molecular weight is 451 g/mol. The molecule has 12 heteroatoms. The molecule has 2 aromatic heterocycles. The van der Waals surface area contributed by atoms with Gasteiger partial charge in [0.15, 0.2) is 5.82 Å². The fourth-order valence-electron chi connectivity index (χ4n) is 3.33. The maximum absolute atomic E-state index is 12.8. The zero-order valence-electron chi connectivity index (χ0n) is 15.7. The minimum atomic E-state index is -4.62. The van der Waals surface area contributed by atoms with Crippen molar-refractivity contribution in [3.63, 3.8) is 0 Å². The number of pyridine rings is 1. The van der Waals surface area contributed by atoms with Gasteiger partial charge in [0.05, 0.1) is 15.5 Å². The van der Waals surface area contributed by atoms with Gasteiger partial charge in [0.1, 0.15) is 6.33 Å². The van der Waals surface area contributed by atoms with Crippen molar-refractivity contribution >= 4 is 34.7 Å². The van der Waals surface area contributed by atoms with E-state index >= 15 is 0 Å². The normalized spacial score (nSPS) is 13.6. The van der Waals surface area contributed by atoms with Crippen molar-refractivity contribution in [2.75, 3.05) is 16.8 Å². The third-order valence-electron chi connectivity index (χ3n) is 4.82. The number of anilines is 3. The Morgan fingerprint density at radius 2 is 1.87 bits per heavy atom. The summed E-state index contributed by atoms with van der Waals surface area (Å²) in [4.78, 5) is 24.6. The highest BCUT2D eigenvalue weighted by Gasteiger charge is 2.33. The zero-order chi connectivity index (χ0) is 22.2. The summed E-state index contributed by atoms with van der Waals surface area (Å²) in [5.74, 6) is -0.311. The van der Waals surface area contributed by atoms with Crippen LogP contribution in [0.1, 0.15) is 16.7 Å². The second kappa shape index (κ2) is 7.99. The Hall–Kier alpha value is -3.47. The summed E-state index contributed by atoms with van der Waals surface area (Å²) in [7, 11) is 0. The van der Waals surface area contributed by atoms with E-state index in [0.29, 0.717) is 31.8 Å². The first kappa shape index (κ1) is 20.8. The molecule has 8 nitrogen and oxygen atoms in total. The van der Waals surface area contributed by atoms with Crippen LogP contribution in [0.5, 0.6) is 0 Å². The Kier molecular flexibility index (Phi) is 5.36. The van der Waals surface area contributed by atoms with Crippen LogP contribution in [0.3, 0.4) is 0 Å². The highest BCUT2D eigenvalue weighted by atomic mass is 35.5. The lowest BCUT2D eigenvalue weighted by Crippen LogP contribution is -2.31. The summed E-state index contributed by atoms with van der Waals surface area (Å²) in [6.45, 7) is 0.931. The van der Waals surface area contributed by atoms with E-state index in [2.05, 4.69) is 20.3 Å². The topological polar surface area (TPSA) is 97.1 Å². The predicted octanol–water partition coefficient (Wildman–Crippen LogP) is 4.76. The number of nitro groups is 1. The van der Waals surface area contributed by atoms with E-state index < -0.39 is 22.4 Å². The minimum Gasteiger partial charge on any atom is -0.346 e. The maximum Gasteiger partial charge on any atom is 0.417 e. The highest BCUT2D eigenvalue weighted by Crippen LogP contribution is 2.38. The summed E-state index contributed by atoms with van der Waals surface area (Å²) < 4.78 is 38.5. The van der Waals surface area contributed by atoms with Gasteiger partial charge in [0, 0.05) is 19.3 Å². The summed E-state index contributed by atoms with van der Waals surface area (Å²) >= 11 is 5.91. The molecule has 0 radical (unpaired) electrons. The number of aromatic nitrogens is 3. The molecule has 0 spiro atoms. The van der Waals surface area contributed by atoms with Crippen molar-refractivity contribution in [2.24, 2.45) is 0 Å². The van der Waals surface area contributed by atoms with Crippen LogP contribution < -0.4 is 10.2 Å². The van der Waals surface area contributed by atoms with Crippen molar-refractivity contribution in [3.8, 4) is 0 Å².